The van der Waals surface area contributed by atoms with Crippen molar-refractivity contribution in [1.82, 2.24) is 9.55 Å². The molecule has 3 heterocycles. The zero-order valence-corrected chi connectivity index (χ0v) is 16.4. The lowest BCUT2D eigenvalue weighted by molar-refractivity contribution is 0.102. The predicted molar refractivity (Wildman–Crippen MR) is 112 cm³/mol. The van der Waals surface area contributed by atoms with E-state index in [-0.39, 0.29) is 12.7 Å². The number of aromatic nitrogens is 2. The van der Waals surface area contributed by atoms with Crippen molar-refractivity contribution >= 4 is 22.4 Å². The first-order valence-electron chi connectivity index (χ1n) is 9.08. The van der Waals surface area contributed by atoms with Gasteiger partial charge in [0.05, 0.1) is 5.69 Å². The number of amides is 1. The summed E-state index contributed by atoms with van der Waals surface area (Å²) in [5, 5.41) is 5.35. The predicted octanol–water partition coefficient (Wildman–Crippen LogP) is 4.89. The summed E-state index contributed by atoms with van der Waals surface area (Å²) in [6, 6.07) is 15.3. The number of carbonyl (C=O) groups is 1. The van der Waals surface area contributed by atoms with E-state index in [1.807, 2.05) is 77.8 Å². The van der Waals surface area contributed by atoms with Crippen molar-refractivity contribution in [1.29, 1.82) is 0 Å². The second-order valence-corrected chi connectivity index (χ2v) is 7.51. The minimum Gasteiger partial charge on any atom is -0.454 e. The molecule has 0 saturated carbocycles. The maximum absolute atomic E-state index is 12.8. The summed E-state index contributed by atoms with van der Waals surface area (Å²) in [5.41, 5.74) is 4.34. The zero-order chi connectivity index (χ0) is 19.8. The van der Waals surface area contributed by atoms with Crippen molar-refractivity contribution in [2.24, 2.45) is 0 Å². The van der Waals surface area contributed by atoms with Crippen molar-refractivity contribution in [3.63, 3.8) is 0 Å². The van der Waals surface area contributed by atoms with Gasteiger partial charge < -0.3 is 14.0 Å². The van der Waals surface area contributed by atoms with Crippen LogP contribution in [-0.4, -0.2) is 22.3 Å². The highest BCUT2D eigenvalue weighted by Gasteiger charge is 2.16. The molecule has 1 amide bonds. The molecule has 6 nitrogen and oxygen atoms in total. The minimum absolute atomic E-state index is 0.190. The standard InChI is InChI=1S/C22H17N3O3S/c1-14-4-5-16(10-18(14)25-8-2-3-9-25)21(26)24-22-23-17(12-29-22)15-6-7-19-20(11-15)28-13-27-19/h2-12H,13H2,1H3,(H,23,24,26). The number of anilines is 1. The highest BCUT2D eigenvalue weighted by molar-refractivity contribution is 7.14. The number of thiazole rings is 1. The molecule has 0 fully saturated rings. The monoisotopic (exact) mass is 403 g/mol. The molecule has 7 heteroatoms. The molecule has 0 bridgehead atoms. The number of nitrogens with one attached hydrogen (secondary N) is 1. The lowest BCUT2D eigenvalue weighted by Gasteiger charge is -2.10. The third-order valence-corrected chi connectivity index (χ3v) is 5.50. The quantitative estimate of drug-likeness (QED) is 0.527. The third kappa shape index (κ3) is 3.36. The first-order valence-corrected chi connectivity index (χ1v) is 9.96. The van der Waals surface area contributed by atoms with Crippen LogP contribution in [0.4, 0.5) is 5.13 Å². The van der Waals surface area contributed by atoms with Crippen molar-refractivity contribution in [3.8, 4) is 28.4 Å². The Balaban J connectivity index is 1.36. The Morgan fingerprint density at radius 3 is 2.79 bits per heavy atom. The number of hydrogen-bond acceptors (Lipinski definition) is 5. The maximum Gasteiger partial charge on any atom is 0.257 e. The molecule has 0 unspecified atom stereocenters. The van der Waals surface area contributed by atoms with E-state index in [1.165, 1.54) is 11.3 Å². The molecule has 0 aliphatic carbocycles. The Labute approximate surface area is 171 Å². The Kier molecular flexibility index (Phi) is 4.29. The van der Waals surface area contributed by atoms with Crippen molar-refractivity contribution in [2.75, 3.05) is 12.1 Å². The van der Waals surface area contributed by atoms with Gasteiger partial charge in [0.25, 0.3) is 5.91 Å². The lowest BCUT2D eigenvalue weighted by Crippen LogP contribution is -2.12. The minimum atomic E-state index is -0.190. The van der Waals surface area contributed by atoms with Crippen molar-refractivity contribution < 1.29 is 14.3 Å². The van der Waals surface area contributed by atoms with Gasteiger partial charge in [0.2, 0.25) is 6.79 Å². The summed E-state index contributed by atoms with van der Waals surface area (Å²) >= 11 is 1.39. The Morgan fingerprint density at radius 2 is 1.93 bits per heavy atom. The van der Waals surface area contributed by atoms with Crippen molar-refractivity contribution in [2.45, 2.75) is 6.92 Å². The van der Waals surface area contributed by atoms with E-state index in [2.05, 4.69) is 10.3 Å². The highest BCUT2D eigenvalue weighted by atomic mass is 32.1. The molecular weight excluding hydrogens is 386 g/mol. The van der Waals surface area contributed by atoms with Crippen LogP contribution in [0.3, 0.4) is 0 Å². The normalized spacial score (nSPS) is 12.2. The Hall–Kier alpha value is -3.58. The van der Waals surface area contributed by atoms with Gasteiger partial charge in [-0.3, -0.25) is 10.1 Å². The van der Waals surface area contributed by atoms with Crippen LogP contribution in [-0.2, 0) is 0 Å². The second-order valence-electron chi connectivity index (χ2n) is 6.65. The summed E-state index contributed by atoms with van der Waals surface area (Å²) in [5.74, 6) is 1.25. The molecule has 0 spiro atoms. The summed E-state index contributed by atoms with van der Waals surface area (Å²) in [6.45, 7) is 2.26. The number of rotatable bonds is 4. The number of carbonyl (C=O) groups excluding carboxylic acids is 1. The molecule has 29 heavy (non-hydrogen) atoms. The number of benzene rings is 2. The first kappa shape index (κ1) is 17.5. The molecule has 2 aromatic heterocycles. The molecule has 5 rings (SSSR count). The van der Waals surface area contributed by atoms with Gasteiger partial charge in [0.1, 0.15) is 0 Å². The van der Waals surface area contributed by atoms with Crippen LogP contribution in [0, 0.1) is 6.92 Å². The molecular formula is C22H17N3O3S. The topological polar surface area (TPSA) is 65.4 Å². The number of fused-ring (bicyclic) bond motifs is 1. The molecule has 0 atom stereocenters. The molecule has 1 aliphatic rings. The van der Waals surface area contributed by atoms with Gasteiger partial charge in [0.15, 0.2) is 16.6 Å². The van der Waals surface area contributed by atoms with Crippen LogP contribution >= 0.6 is 11.3 Å². The summed E-state index contributed by atoms with van der Waals surface area (Å²) in [4.78, 5) is 17.3. The van der Waals surface area contributed by atoms with E-state index in [0.717, 1.165) is 28.3 Å². The largest absolute Gasteiger partial charge is 0.454 e. The highest BCUT2D eigenvalue weighted by Crippen LogP contribution is 2.36. The van der Waals surface area contributed by atoms with E-state index in [1.54, 1.807) is 0 Å². The maximum atomic E-state index is 12.8. The van der Waals surface area contributed by atoms with Crippen LogP contribution in [0.25, 0.3) is 16.9 Å². The lowest BCUT2D eigenvalue weighted by atomic mass is 10.1. The van der Waals surface area contributed by atoms with Crippen LogP contribution in [0.15, 0.2) is 66.3 Å². The van der Waals surface area contributed by atoms with Crippen LogP contribution in [0.1, 0.15) is 15.9 Å². The SMILES string of the molecule is Cc1ccc(C(=O)Nc2nc(-c3ccc4c(c3)OCO4)cs2)cc1-n1cccc1. The Morgan fingerprint density at radius 1 is 1.10 bits per heavy atom. The molecule has 1 aliphatic heterocycles. The molecule has 4 aromatic rings. The fraction of sp³-hybridized carbons (Fsp3) is 0.0909. The second kappa shape index (κ2) is 7.10. The van der Waals surface area contributed by atoms with Crippen LogP contribution < -0.4 is 14.8 Å². The summed E-state index contributed by atoms with van der Waals surface area (Å²) < 4.78 is 12.8. The van der Waals surface area contributed by atoms with E-state index in [9.17, 15) is 4.79 Å². The number of nitrogens with zero attached hydrogens (tertiary/aromatic N) is 2. The number of aryl methyl sites for hydroxylation is 1. The zero-order valence-electron chi connectivity index (χ0n) is 15.6. The molecule has 1 N–H and O–H groups in total. The average molecular weight is 403 g/mol. The molecule has 0 saturated heterocycles. The van der Waals surface area contributed by atoms with Gasteiger partial charge in [0, 0.05) is 34.6 Å². The van der Waals surface area contributed by atoms with Gasteiger partial charge in [-0.05, 0) is 55.0 Å². The third-order valence-electron chi connectivity index (χ3n) is 4.75. The molecule has 2 aromatic carbocycles. The first-order chi connectivity index (χ1) is 14.2. The van der Waals surface area contributed by atoms with Gasteiger partial charge in [-0.2, -0.15) is 0 Å². The van der Waals surface area contributed by atoms with E-state index >= 15 is 0 Å². The summed E-state index contributed by atoms with van der Waals surface area (Å²) in [7, 11) is 0. The smallest absolute Gasteiger partial charge is 0.257 e. The van der Waals surface area contributed by atoms with Gasteiger partial charge >= 0.3 is 0 Å². The fourth-order valence-electron chi connectivity index (χ4n) is 3.21. The number of hydrogen-bond donors (Lipinski definition) is 1. The van der Waals surface area contributed by atoms with Gasteiger partial charge in [-0.1, -0.05) is 6.07 Å². The van der Waals surface area contributed by atoms with Gasteiger partial charge in [-0.25, -0.2) is 4.98 Å². The van der Waals surface area contributed by atoms with Crippen LogP contribution in [0.5, 0.6) is 11.5 Å². The van der Waals surface area contributed by atoms with Crippen molar-refractivity contribution in [3.05, 3.63) is 77.4 Å². The Bertz CT molecular complexity index is 1200. The number of ether oxygens (including phenoxy) is 2. The van der Waals surface area contributed by atoms with Crippen LogP contribution in [0.2, 0.25) is 0 Å². The fourth-order valence-corrected chi connectivity index (χ4v) is 3.93. The van der Waals surface area contributed by atoms with E-state index in [4.69, 9.17) is 9.47 Å². The summed E-state index contributed by atoms with van der Waals surface area (Å²) in [6.07, 6.45) is 3.92. The van der Waals surface area contributed by atoms with E-state index < -0.39 is 0 Å². The average Bonchev–Trinajstić information content (AvgIpc) is 3.49. The van der Waals surface area contributed by atoms with E-state index in [0.29, 0.717) is 16.4 Å². The van der Waals surface area contributed by atoms with Gasteiger partial charge in [-0.15, -0.1) is 11.3 Å². The molecule has 0 radical (unpaired) electrons. The molecule has 144 valence electrons.